The first-order valence-corrected chi connectivity index (χ1v) is 4.68. The normalized spacial score (nSPS) is 9.53. The first-order valence-electron chi connectivity index (χ1n) is 3.92. The second-order valence-corrected chi connectivity index (χ2v) is 3.22. The van der Waals surface area contributed by atoms with Gasteiger partial charge in [0.05, 0.1) is 17.1 Å². The van der Waals surface area contributed by atoms with Gasteiger partial charge in [-0.1, -0.05) is 0 Å². The first-order chi connectivity index (χ1) is 7.88. The molecular weight excluding hydrogens is 277 g/mol. The maximum Gasteiger partial charge on any atom is 0.409 e. The highest BCUT2D eigenvalue weighted by Gasteiger charge is 2.14. The summed E-state index contributed by atoms with van der Waals surface area (Å²) in [6, 6.07) is 2.92. The van der Waals surface area contributed by atoms with E-state index < -0.39 is 21.5 Å². The van der Waals surface area contributed by atoms with Crippen molar-refractivity contribution in [3.05, 3.63) is 28.3 Å². The first kappa shape index (κ1) is 13.2. The Balaban J connectivity index is 3.13. The van der Waals surface area contributed by atoms with Crippen LogP contribution in [0, 0.1) is 10.1 Å². The van der Waals surface area contributed by atoms with Crippen molar-refractivity contribution in [2.45, 2.75) is 0 Å². The number of non-ortho nitro benzene ring substituents is 1. The molecule has 0 aliphatic rings. The second kappa shape index (κ2) is 5.46. The molecule has 0 amide bonds. The molecule has 0 heterocycles. The minimum absolute atomic E-state index is 0.243. The Hall–Kier alpha value is -1.86. The van der Waals surface area contributed by atoms with Gasteiger partial charge in [-0.3, -0.25) is 10.1 Å². The van der Waals surface area contributed by atoms with Crippen LogP contribution in [0.2, 0.25) is 0 Å². The van der Waals surface area contributed by atoms with Gasteiger partial charge < -0.3 is 9.47 Å². The van der Waals surface area contributed by atoms with Crippen molar-refractivity contribution in [2.75, 3.05) is 0 Å². The Morgan fingerprint density at radius 3 is 1.76 bits per heavy atom. The third kappa shape index (κ3) is 4.25. The minimum Gasteiger partial charge on any atom is -0.414 e. The molecule has 0 bridgehead atoms. The van der Waals surface area contributed by atoms with E-state index in [0.29, 0.717) is 0 Å². The van der Waals surface area contributed by atoms with Crippen molar-refractivity contribution >= 4 is 39.7 Å². The molecule has 0 aliphatic carbocycles. The number of nitrogens with zero attached hydrogens (tertiary/aromatic N) is 1. The Morgan fingerprint density at radius 1 is 1.06 bits per heavy atom. The second-order valence-electron chi connectivity index (χ2n) is 2.60. The molecule has 9 heteroatoms. The number of hydrogen-bond acceptors (Lipinski definition) is 6. The largest absolute Gasteiger partial charge is 0.414 e. The van der Waals surface area contributed by atoms with Crippen molar-refractivity contribution < 1.29 is 24.0 Å². The molecule has 0 N–H and O–H groups in total. The lowest BCUT2D eigenvalue weighted by molar-refractivity contribution is -0.385. The topological polar surface area (TPSA) is 95.7 Å². The van der Waals surface area contributed by atoms with Crippen LogP contribution >= 0.6 is 23.2 Å². The molecule has 1 aromatic carbocycles. The highest BCUT2D eigenvalue weighted by Crippen LogP contribution is 2.28. The Labute approximate surface area is 104 Å². The number of nitro groups is 1. The standard InChI is InChI=1S/C8H3Cl2NO6/c9-7(12)16-5-1-4(11(14)15)2-6(3-5)17-8(10)13/h1-3H. The van der Waals surface area contributed by atoms with E-state index in [1.165, 1.54) is 0 Å². The van der Waals surface area contributed by atoms with Crippen LogP contribution in [0.25, 0.3) is 0 Å². The smallest absolute Gasteiger partial charge is 0.409 e. The van der Waals surface area contributed by atoms with E-state index in [9.17, 15) is 19.7 Å². The lowest BCUT2D eigenvalue weighted by Crippen LogP contribution is -2.01. The number of halogens is 2. The summed E-state index contributed by atoms with van der Waals surface area (Å²) in [5, 5.41) is 10.5. The number of nitro benzene ring substituents is 1. The highest BCUT2D eigenvalue weighted by atomic mass is 35.5. The average Bonchev–Trinajstić information content (AvgIpc) is 2.14. The number of ether oxygens (including phenoxy) is 2. The van der Waals surface area contributed by atoms with Crippen LogP contribution in [0.15, 0.2) is 18.2 Å². The van der Waals surface area contributed by atoms with Crippen LogP contribution in [-0.2, 0) is 0 Å². The maximum atomic E-state index is 10.5. The Kier molecular flexibility index (Phi) is 4.24. The van der Waals surface area contributed by atoms with Crippen LogP contribution in [0.3, 0.4) is 0 Å². The molecule has 0 fully saturated rings. The lowest BCUT2D eigenvalue weighted by Gasteiger charge is -2.03. The fourth-order valence-electron chi connectivity index (χ4n) is 0.965. The molecule has 7 nitrogen and oxygen atoms in total. The Bertz CT molecular complexity index is 455. The fourth-order valence-corrected chi connectivity index (χ4v) is 1.14. The molecule has 90 valence electrons. The van der Waals surface area contributed by atoms with Gasteiger partial charge >= 0.3 is 10.9 Å². The molecule has 0 unspecified atom stereocenters. The van der Waals surface area contributed by atoms with Crippen LogP contribution in [0.4, 0.5) is 15.3 Å². The number of benzene rings is 1. The van der Waals surface area contributed by atoms with Crippen molar-refractivity contribution in [1.29, 1.82) is 0 Å². The van der Waals surface area contributed by atoms with E-state index in [0.717, 1.165) is 18.2 Å². The molecule has 0 saturated heterocycles. The van der Waals surface area contributed by atoms with E-state index in [1.54, 1.807) is 0 Å². The van der Waals surface area contributed by atoms with Gasteiger partial charge in [0.15, 0.2) is 0 Å². The average molecular weight is 280 g/mol. The summed E-state index contributed by atoms with van der Waals surface area (Å²) in [4.78, 5) is 30.7. The van der Waals surface area contributed by atoms with E-state index in [4.69, 9.17) is 23.2 Å². The number of carbonyl (C=O) groups is 2. The summed E-state index contributed by atoms with van der Waals surface area (Å²) in [5.74, 6) is -0.487. The molecule has 1 rings (SSSR count). The van der Waals surface area contributed by atoms with E-state index in [1.807, 2.05) is 0 Å². The number of carbonyl (C=O) groups excluding carboxylic acids is 2. The monoisotopic (exact) mass is 279 g/mol. The van der Waals surface area contributed by atoms with Crippen LogP contribution in [-0.4, -0.2) is 15.8 Å². The minimum atomic E-state index is -1.19. The molecule has 0 radical (unpaired) electrons. The van der Waals surface area contributed by atoms with Gasteiger partial charge in [0, 0.05) is 29.3 Å². The van der Waals surface area contributed by atoms with E-state index >= 15 is 0 Å². The summed E-state index contributed by atoms with van der Waals surface area (Å²) in [7, 11) is 0. The summed E-state index contributed by atoms with van der Waals surface area (Å²) in [6.45, 7) is 0. The van der Waals surface area contributed by atoms with Crippen LogP contribution < -0.4 is 9.47 Å². The molecule has 1 aromatic rings. The number of hydrogen-bond donors (Lipinski definition) is 0. The molecule has 0 atom stereocenters. The predicted octanol–water partition coefficient (Wildman–Crippen LogP) is 3.07. The molecule has 0 saturated carbocycles. The van der Waals surface area contributed by atoms with Crippen molar-refractivity contribution in [3.63, 3.8) is 0 Å². The van der Waals surface area contributed by atoms with Gasteiger partial charge in [-0.15, -0.1) is 0 Å². The summed E-state index contributed by atoms with van der Waals surface area (Å²) >= 11 is 9.87. The van der Waals surface area contributed by atoms with Crippen LogP contribution in [0.1, 0.15) is 0 Å². The summed E-state index contributed by atoms with van der Waals surface area (Å²) < 4.78 is 8.83. The fraction of sp³-hybridized carbons (Fsp3) is 0. The third-order valence-corrected chi connectivity index (χ3v) is 1.63. The Morgan fingerprint density at radius 2 is 1.47 bits per heavy atom. The third-order valence-electron chi connectivity index (χ3n) is 1.47. The maximum absolute atomic E-state index is 10.5. The quantitative estimate of drug-likeness (QED) is 0.479. The van der Waals surface area contributed by atoms with E-state index in [-0.39, 0.29) is 11.5 Å². The summed E-state index contributed by atoms with van der Waals surface area (Å²) in [5.41, 5.74) is -2.82. The SMILES string of the molecule is O=C(Cl)Oc1cc(OC(=O)Cl)cc([N+](=O)[O-])c1. The van der Waals surface area contributed by atoms with Gasteiger partial charge in [-0.25, -0.2) is 9.59 Å². The van der Waals surface area contributed by atoms with Crippen molar-refractivity contribution in [1.82, 2.24) is 0 Å². The molecule has 0 aromatic heterocycles. The predicted molar refractivity (Wildman–Crippen MR) is 56.9 cm³/mol. The van der Waals surface area contributed by atoms with E-state index in [2.05, 4.69) is 9.47 Å². The zero-order valence-electron chi connectivity index (χ0n) is 7.88. The highest BCUT2D eigenvalue weighted by molar-refractivity contribution is 6.61. The van der Waals surface area contributed by atoms with Crippen molar-refractivity contribution in [2.24, 2.45) is 0 Å². The van der Waals surface area contributed by atoms with Gasteiger partial charge in [0.1, 0.15) is 11.5 Å². The van der Waals surface area contributed by atoms with Gasteiger partial charge in [0.25, 0.3) is 5.69 Å². The molecule has 0 spiro atoms. The molecular formula is C8H3Cl2NO6. The molecule has 0 aliphatic heterocycles. The van der Waals surface area contributed by atoms with Gasteiger partial charge in [-0.05, 0) is 0 Å². The van der Waals surface area contributed by atoms with Gasteiger partial charge in [-0.2, -0.15) is 0 Å². The van der Waals surface area contributed by atoms with Crippen molar-refractivity contribution in [3.8, 4) is 11.5 Å². The zero-order valence-corrected chi connectivity index (χ0v) is 9.40. The summed E-state index contributed by atoms with van der Waals surface area (Å²) in [6.07, 6.45) is 0. The van der Waals surface area contributed by atoms with Gasteiger partial charge in [0.2, 0.25) is 0 Å². The lowest BCUT2D eigenvalue weighted by atomic mass is 10.3. The van der Waals surface area contributed by atoms with Crippen LogP contribution in [0.5, 0.6) is 11.5 Å². The molecule has 17 heavy (non-hydrogen) atoms. The zero-order chi connectivity index (χ0) is 13.0. The number of rotatable bonds is 3.